The smallest absolute Gasteiger partial charge is 0.240 e. The fraction of sp³-hybridized carbons (Fsp3) is 0.667. The maximum absolute atomic E-state index is 12.3. The summed E-state index contributed by atoms with van der Waals surface area (Å²) in [5.41, 5.74) is 0. The summed E-state index contributed by atoms with van der Waals surface area (Å²) in [5.74, 6) is 1.25. The summed E-state index contributed by atoms with van der Waals surface area (Å²) in [4.78, 5) is 18.5. The quantitative estimate of drug-likeness (QED) is 0.763. The molecule has 1 saturated heterocycles. The van der Waals surface area contributed by atoms with Crippen LogP contribution in [0.4, 0.5) is 0 Å². The molecule has 1 unspecified atom stereocenters. The maximum Gasteiger partial charge on any atom is 0.240 e. The Labute approximate surface area is 101 Å². The third kappa shape index (κ3) is 2.07. The minimum absolute atomic E-state index is 0.0327. The van der Waals surface area contributed by atoms with Gasteiger partial charge in [0.1, 0.15) is 5.82 Å². The lowest BCUT2D eigenvalue weighted by atomic mass is 10.0. The summed E-state index contributed by atoms with van der Waals surface area (Å²) in [7, 11) is 0. The summed E-state index contributed by atoms with van der Waals surface area (Å²) < 4.78 is 2.12. The van der Waals surface area contributed by atoms with E-state index >= 15 is 0 Å². The molecular weight excluding hydrogens is 216 g/mol. The highest BCUT2D eigenvalue weighted by Crippen LogP contribution is 2.15. The molecule has 3 heterocycles. The van der Waals surface area contributed by atoms with Gasteiger partial charge in [0, 0.05) is 25.5 Å². The van der Waals surface area contributed by atoms with Crippen LogP contribution in [0.2, 0.25) is 0 Å². The van der Waals surface area contributed by atoms with E-state index < -0.39 is 0 Å². The van der Waals surface area contributed by atoms with Gasteiger partial charge in [-0.25, -0.2) is 4.98 Å². The molecule has 5 heteroatoms. The first-order chi connectivity index (χ1) is 8.34. The fourth-order valence-corrected chi connectivity index (χ4v) is 2.64. The summed E-state index contributed by atoms with van der Waals surface area (Å²) in [5, 5.41) is 3.32. The van der Waals surface area contributed by atoms with Crippen molar-refractivity contribution in [1.29, 1.82) is 0 Å². The van der Waals surface area contributed by atoms with E-state index in [0.717, 1.165) is 38.3 Å². The monoisotopic (exact) mass is 234 g/mol. The Morgan fingerprint density at radius 2 is 2.35 bits per heavy atom. The average Bonchev–Trinajstić information content (AvgIpc) is 2.86. The number of imidazole rings is 1. The minimum Gasteiger partial charge on any atom is -0.332 e. The van der Waals surface area contributed by atoms with Crippen LogP contribution >= 0.6 is 0 Å². The highest BCUT2D eigenvalue weighted by atomic mass is 16.2. The molecule has 5 nitrogen and oxygen atoms in total. The van der Waals surface area contributed by atoms with Gasteiger partial charge in [-0.3, -0.25) is 4.79 Å². The van der Waals surface area contributed by atoms with Gasteiger partial charge in [-0.2, -0.15) is 0 Å². The number of fused-ring (bicyclic) bond motifs is 1. The molecule has 0 aliphatic carbocycles. The molecule has 0 spiro atoms. The fourth-order valence-electron chi connectivity index (χ4n) is 2.64. The number of hydrogen-bond acceptors (Lipinski definition) is 3. The lowest BCUT2D eigenvalue weighted by Crippen LogP contribution is -2.50. The standard InChI is InChI=1S/C12H18N4O/c17-12(10-3-1-2-4-13-10)16-8-7-15-6-5-14-11(15)9-16/h5-6,10,13H,1-4,7-9H2. The number of carbonyl (C=O) groups excluding carboxylic acids is 1. The predicted molar refractivity (Wildman–Crippen MR) is 63.3 cm³/mol. The van der Waals surface area contributed by atoms with Crippen molar-refractivity contribution in [3.05, 3.63) is 18.2 Å². The van der Waals surface area contributed by atoms with Crippen LogP contribution < -0.4 is 5.32 Å². The van der Waals surface area contributed by atoms with Gasteiger partial charge in [-0.05, 0) is 19.4 Å². The lowest BCUT2D eigenvalue weighted by Gasteiger charge is -2.32. The number of piperidine rings is 1. The van der Waals surface area contributed by atoms with E-state index in [-0.39, 0.29) is 11.9 Å². The molecule has 1 atom stereocenters. The Morgan fingerprint density at radius 3 is 3.18 bits per heavy atom. The van der Waals surface area contributed by atoms with E-state index in [0.29, 0.717) is 6.54 Å². The van der Waals surface area contributed by atoms with Crippen LogP contribution in [0.15, 0.2) is 12.4 Å². The van der Waals surface area contributed by atoms with Gasteiger partial charge >= 0.3 is 0 Å². The Bertz CT molecular complexity index is 408. The zero-order valence-electron chi connectivity index (χ0n) is 9.93. The Hall–Kier alpha value is -1.36. The summed E-state index contributed by atoms with van der Waals surface area (Å²) >= 11 is 0. The molecule has 2 aliphatic rings. The van der Waals surface area contributed by atoms with Crippen molar-refractivity contribution in [3.63, 3.8) is 0 Å². The van der Waals surface area contributed by atoms with Crippen LogP contribution in [-0.2, 0) is 17.9 Å². The second kappa shape index (κ2) is 4.49. The summed E-state index contributed by atoms with van der Waals surface area (Å²) in [6.45, 7) is 3.30. The van der Waals surface area contributed by atoms with Crippen molar-refractivity contribution >= 4 is 5.91 Å². The second-order valence-electron chi connectivity index (χ2n) is 4.80. The van der Waals surface area contributed by atoms with E-state index in [9.17, 15) is 4.79 Å². The molecule has 92 valence electrons. The van der Waals surface area contributed by atoms with Crippen LogP contribution in [0.25, 0.3) is 0 Å². The van der Waals surface area contributed by atoms with Gasteiger partial charge in [0.2, 0.25) is 5.91 Å². The second-order valence-corrected chi connectivity index (χ2v) is 4.80. The number of hydrogen-bond donors (Lipinski definition) is 1. The normalized spacial score (nSPS) is 24.5. The molecule has 0 saturated carbocycles. The van der Waals surface area contributed by atoms with Gasteiger partial charge in [-0.15, -0.1) is 0 Å². The molecule has 0 bridgehead atoms. The molecule has 3 rings (SSSR count). The highest BCUT2D eigenvalue weighted by Gasteiger charge is 2.28. The Morgan fingerprint density at radius 1 is 1.41 bits per heavy atom. The summed E-state index contributed by atoms with van der Waals surface area (Å²) in [6, 6.07) is 0.0327. The predicted octanol–water partition coefficient (Wildman–Crippen LogP) is 0.367. The highest BCUT2D eigenvalue weighted by molar-refractivity contribution is 5.82. The van der Waals surface area contributed by atoms with Gasteiger partial charge in [-0.1, -0.05) is 6.42 Å². The van der Waals surface area contributed by atoms with E-state index in [1.165, 1.54) is 6.42 Å². The topological polar surface area (TPSA) is 50.2 Å². The van der Waals surface area contributed by atoms with E-state index in [1.807, 2.05) is 17.3 Å². The van der Waals surface area contributed by atoms with Crippen molar-refractivity contribution in [2.75, 3.05) is 13.1 Å². The van der Waals surface area contributed by atoms with E-state index in [2.05, 4.69) is 14.9 Å². The van der Waals surface area contributed by atoms with Crippen LogP contribution in [0, 0.1) is 0 Å². The van der Waals surface area contributed by atoms with Gasteiger partial charge in [0.15, 0.2) is 0 Å². The molecule has 2 aliphatic heterocycles. The van der Waals surface area contributed by atoms with Crippen molar-refractivity contribution in [2.24, 2.45) is 0 Å². The lowest BCUT2D eigenvalue weighted by molar-refractivity contribution is -0.135. The number of aromatic nitrogens is 2. The Balaban J connectivity index is 1.67. The SMILES string of the molecule is O=C(C1CCCCN1)N1CCn2ccnc2C1. The van der Waals surface area contributed by atoms with Crippen LogP contribution in [0.1, 0.15) is 25.1 Å². The average molecular weight is 234 g/mol. The van der Waals surface area contributed by atoms with E-state index in [4.69, 9.17) is 0 Å². The van der Waals surface area contributed by atoms with Crippen LogP contribution in [-0.4, -0.2) is 39.5 Å². The maximum atomic E-state index is 12.3. The molecule has 1 aromatic heterocycles. The van der Waals surface area contributed by atoms with Crippen molar-refractivity contribution in [2.45, 2.75) is 38.4 Å². The molecular formula is C12H18N4O. The first kappa shape index (κ1) is 10.8. The van der Waals surface area contributed by atoms with Crippen molar-refractivity contribution in [1.82, 2.24) is 19.8 Å². The Kier molecular flexibility index (Phi) is 2.84. The number of amides is 1. The minimum atomic E-state index is 0.0327. The molecule has 1 aromatic rings. The van der Waals surface area contributed by atoms with Crippen molar-refractivity contribution < 1.29 is 4.79 Å². The zero-order chi connectivity index (χ0) is 11.7. The number of rotatable bonds is 1. The van der Waals surface area contributed by atoms with Crippen LogP contribution in [0.5, 0.6) is 0 Å². The van der Waals surface area contributed by atoms with Crippen LogP contribution in [0.3, 0.4) is 0 Å². The van der Waals surface area contributed by atoms with Gasteiger partial charge in [0.25, 0.3) is 0 Å². The molecule has 17 heavy (non-hydrogen) atoms. The number of nitrogens with one attached hydrogen (secondary N) is 1. The largest absolute Gasteiger partial charge is 0.332 e. The number of nitrogens with zero attached hydrogens (tertiary/aromatic N) is 3. The first-order valence-corrected chi connectivity index (χ1v) is 6.37. The summed E-state index contributed by atoms with van der Waals surface area (Å²) in [6.07, 6.45) is 7.11. The zero-order valence-corrected chi connectivity index (χ0v) is 9.93. The first-order valence-electron chi connectivity index (χ1n) is 6.37. The third-order valence-corrected chi connectivity index (χ3v) is 3.66. The molecule has 1 amide bonds. The third-order valence-electron chi connectivity index (χ3n) is 3.66. The van der Waals surface area contributed by atoms with E-state index in [1.54, 1.807) is 0 Å². The van der Waals surface area contributed by atoms with Crippen molar-refractivity contribution in [3.8, 4) is 0 Å². The van der Waals surface area contributed by atoms with Gasteiger partial charge in [0.05, 0.1) is 12.6 Å². The van der Waals surface area contributed by atoms with Gasteiger partial charge < -0.3 is 14.8 Å². The molecule has 0 aromatic carbocycles. The number of carbonyl (C=O) groups is 1. The molecule has 1 N–H and O–H groups in total. The molecule has 0 radical (unpaired) electrons. The molecule has 1 fully saturated rings.